The van der Waals surface area contributed by atoms with Crippen molar-refractivity contribution in [1.82, 2.24) is 9.80 Å². The fourth-order valence-electron chi connectivity index (χ4n) is 14.2. The van der Waals surface area contributed by atoms with Crippen LogP contribution in [0.15, 0.2) is 123 Å². The zero-order valence-corrected chi connectivity index (χ0v) is 65.3. The first-order chi connectivity index (χ1) is 46.1. The molecule has 7 aromatic rings. The van der Waals surface area contributed by atoms with Crippen molar-refractivity contribution >= 4 is 138 Å². The molecule has 0 radical (unpaired) electrons. The third-order valence-electron chi connectivity index (χ3n) is 19.2. The first-order valence-corrected chi connectivity index (χ1v) is 37.4. The van der Waals surface area contributed by atoms with Crippen LogP contribution in [0.3, 0.4) is 0 Å². The Hall–Kier alpha value is -3.95. The van der Waals surface area contributed by atoms with E-state index in [0.29, 0.717) is 108 Å². The van der Waals surface area contributed by atoms with Gasteiger partial charge in [0.2, 0.25) is 16.8 Å². The average molecular weight is 1640 g/mol. The SMILES string of the molecule is CCOC(=O)C[N+]1(C)[C@@H]2CC(OC(=O)C(O)(c3cccs3)c3cccs3)C[C@H]1[C@@H]1O[C@@H]12.CN1[C@@H]2CC(O)C[C@H]1[C@@H]1O[C@@H]12.CN1[C@@H]2CC(OC(=O)C(O)(c3cccs3)c3cccs3)C[C@H]1[C@@H]1O[C@@H]12.COC(=O)C(=O)OC.COC(=O)C(O)(c1cccs1)c1cccs1.[Br-].[Br-].[Mg+2].[c-]1cccs1. The van der Waals surface area contributed by atoms with E-state index in [-0.39, 0.29) is 106 Å². The summed E-state index contributed by atoms with van der Waals surface area (Å²) in [6.07, 6.45) is 5.72. The van der Waals surface area contributed by atoms with Crippen LogP contribution in [0, 0.1) is 5.38 Å². The summed E-state index contributed by atoms with van der Waals surface area (Å²) in [6.45, 7) is 2.47. The number of epoxide rings is 3. The van der Waals surface area contributed by atoms with E-state index in [9.17, 15) is 49.2 Å². The fourth-order valence-corrected chi connectivity index (χ4v) is 19.8. The Kier molecular flexibility index (Phi) is 28.3. The van der Waals surface area contributed by atoms with Crippen LogP contribution in [-0.4, -0.2) is 240 Å². The van der Waals surface area contributed by atoms with Gasteiger partial charge in [-0.3, -0.25) is 9.80 Å². The van der Waals surface area contributed by atoms with E-state index in [1.807, 2.05) is 74.1 Å². The van der Waals surface area contributed by atoms with Crippen molar-refractivity contribution in [2.45, 2.75) is 153 Å². The molecule has 22 nitrogen and oxygen atoms in total. The molecular formula is C67H77Br2MgN3O19S7. The second-order valence-electron chi connectivity index (χ2n) is 24.6. The maximum Gasteiger partial charge on any atom is 2.00 e. The molecule has 16 atom stereocenters. The normalized spacial score (nSPS) is 28.7. The summed E-state index contributed by atoms with van der Waals surface area (Å²) in [5.41, 5.74) is -5.19. The number of morpholine rings is 3. The van der Waals surface area contributed by atoms with Crippen molar-refractivity contribution in [3.05, 3.63) is 157 Å². The number of aliphatic hydroxyl groups excluding tert-OH is 1. The summed E-state index contributed by atoms with van der Waals surface area (Å²) in [7, 11) is 9.84. The van der Waals surface area contributed by atoms with E-state index >= 15 is 0 Å². The van der Waals surface area contributed by atoms with Gasteiger partial charge in [-0.15, -0.1) is 73.4 Å². The molecular weight excluding hydrogens is 1560 g/mol. The number of halogens is 2. The van der Waals surface area contributed by atoms with Gasteiger partial charge in [0.25, 0.3) is 0 Å². The number of carbonyl (C=O) groups excluding carboxylic acids is 6. The Morgan fingerprint density at radius 1 is 0.515 bits per heavy atom. The van der Waals surface area contributed by atoms with Crippen LogP contribution in [0.25, 0.3) is 0 Å². The van der Waals surface area contributed by atoms with Gasteiger partial charge < -0.3 is 113 Å². The number of esters is 6. The molecule has 532 valence electrons. The second-order valence-corrected chi connectivity index (χ2v) is 31.0. The largest absolute Gasteiger partial charge is 2.00 e. The number of carbonyl (C=O) groups is 6. The number of thiophene rings is 7. The average Bonchev–Trinajstić information content (AvgIpc) is 1.54. The summed E-state index contributed by atoms with van der Waals surface area (Å²) in [6, 6.07) is 27.1. The maximum atomic E-state index is 13.3. The standard InChI is InChI=1S/C22H26NO6S2.C18H19NO4S2.C11H10O3S2.C8H13NO2.C4H6O4.C4H3S.2BrH.Mg/c1-3-27-18(24)12-23(2)14-10-13(11-15(23)20-19(14)29-20)28-21(25)22(26,16-6-4-8-30-16)17-7-5-9-31-17;1-19-11-8-10(9-12(19)16-15(11)23-16)22-17(20)18(21,13-4-2-6-24-13)14-5-3-7-25-14;1-14-10(12)11(13,8-4-2-6-15-8)9-5-3-7-16-9;1-9-5-2-4(10)3-6(9)8-7(5)11-8;1-7-3(5)4(6)8-2;1-2-4-5-3-1;;;/h4-9,13-15,19-20,26H,3,10-12H2,1-2H3;2-7,10-12,15-16,21H,8-9H2,1H3;2-7,13H,1H3;4-8,10H,2-3H2,1H3;1-2H3;1-3H;2*1H;/q+1;;;;;-1;;;+2/p-2/t13?,14-,15+,19-,20+,23?;10?,11-,12+,15-,16+;;4?,5-,6+,7-,8+;;;;;. The number of nitrogens with zero attached hydrogens (tertiary/aromatic N) is 3. The Labute approximate surface area is 638 Å². The van der Waals surface area contributed by atoms with Gasteiger partial charge in [-0.05, 0) is 103 Å². The van der Waals surface area contributed by atoms with E-state index in [4.69, 9.17) is 28.4 Å². The summed E-state index contributed by atoms with van der Waals surface area (Å²) in [4.78, 5) is 78.6. The third kappa shape index (κ3) is 16.9. The molecule has 9 aliphatic rings. The molecule has 4 unspecified atom stereocenters. The quantitative estimate of drug-likeness (QED) is 0.0223. The smallest absolute Gasteiger partial charge is 1.00 e. The van der Waals surface area contributed by atoms with E-state index in [1.165, 1.54) is 75.1 Å². The van der Waals surface area contributed by atoms with Crippen molar-refractivity contribution in [3.8, 4) is 0 Å². The zero-order chi connectivity index (χ0) is 68.3. The number of rotatable bonds is 14. The van der Waals surface area contributed by atoms with Crippen molar-refractivity contribution in [3.63, 3.8) is 0 Å². The van der Waals surface area contributed by atoms with E-state index in [1.54, 1.807) is 66.8 Å². The van der Waals surface area contributed by atoms with Crippen molar-refractivity contribution < 1.29 is 130 Å². The van der Waals surface area contributed by atoms with Gasteiger partial charge in [0.05, 0.1) is 70.4 Å². The molecule has 9 fully saturated rings. The molecule has 16 heterocycles. The van der Waals surface area contributed by atoms with Crippen molar-refractivity contribution in [2.24, 2.45) is 0 Å². The number of ether oxygens (including phenoxy) is 9. The monoisotopic (exact) mass is 1630 g/mol. The molecule has 9 aliphatic heterocycles. The van der Waals surface area contributed by atoms with Gasteiger partial charge in [-0.1, -0.05) is 36.4 Å². The Bertz CT molecular complexity index is 3500. The molecule has 9 saturated heterocycles. The Morgan fingerprint density at radius 2 is 0.848 bits per heavy atom. The van der Waals surface area contributed by atoms with Crippen LogP contribution in [0.5, 0.6) is 0 Å². The number of methoxy groups -OCH3 is 3. The first kappa shape index (κ1) is 80.7. The zero-order valence-electron chi connectivity index (χ0n) is 55.0. The molecule has 0 aliphatic carbocycles. The number of piperidine rings is 3. The van der Waals surface area contributed by atoms with Crippen molar-refractivity contribution in [2.75, 3.05) is 55.6 Å². The molecule has 6 bridgehead atoms. The third-order valence-corrected chi connectivity index (χ3v) is 25.6. The number of quaternary nitrogens is 1. The van der Waals surface area contributed by atoms with Gasteiger partial charge in [-0.2, -0.15) is 11.4 Å². The molecule has 99 heavy (non-hydrogen) atoms. The summed E-state index contributed by atoms with van der Waals surface area (Å²) in [5.74, 6) is -4.03. The molecule has 4 N–H and O–H groups in total. The molecule has 0 aromatic carbocycles. The van der Waals surface area contributed by atoms with Crippen LogP contribution in [0.1, 0.15) is 74.7 Å². The van der Waals surface area contributed by atoms with Crippen LogP contribution >= 0.6 is 79.4 Å². The summed E-state index contributed by atoms with van der Waals surface area (Å²) in [5, 5.41) is 58.7. The van der Waals surface area contributed by atoms with Crippen LogP contribution in [0.4, 0.5) is 0 Å². The molecule has 0 saturated carbocycles. The predicted molar refractivity (Wildman–Crippen MR) is 365 cm³/mol. The molecule has 7 aromatic heterocycles. The van der Waals surface area contributed by atoms with Gasteiger partial charge in [-0.25, -0.2) is 34.8 Å². The van der Waals surface area contributed by atoms with Crippen LogP contribution in [-0.2, 0) is 88.2 Å². The first-order valence-electron chi connectivity index (χ1n) is 31.2. The van der Waals surface area contributed by atoms with Gasteiger partial charge in [0, 0.05) is 49.9 Å². The minimum Gasteiger partial charge on any atom is -1.00 e. The van der Waals surface area contributed by atoms with E-state index < -0.39 is 46.6 Å². The number of fused-ring (bicyclic) bond motifs is 15. The van der Waals surface area contributed by atoms with Gasteiger partial charge in [0.1, 0.15) is 60.9 Å². The minimum atomic E-state index is -1.80. The number of hydrogen-bond acceptors (Lipinski definition) is 28. The summed E-state index contributed by atoms with van der Waals surface area (Å²) >= 11 is 9.64. The van der Waals surface area contributed by atoms with Gasteiger partial charge in [0.15, 0.2) is 6.54 Å². The van der Waals surface area contributed by atoms with Crippen LogP contribution in [0.2, 0.25) is 0 Å². The van der Waals surface area contributed by atoms with E-state index in [2.05, 4.69) is 50.5 Å². The number of aliphatic hydroxyl groups is 4. The molecule has 16 rings (SSSR count). The number of hydrogen-bond donors (Lipinski definition) is 4. The maximum absolute atomic E-state index is 13.3. The van der Waals surface area contributed by atoms with Gasteiger partial charge >= 0.3 is 58.9 Å². The van der Waals surface area contributed by atoms with E-state index in [0.717, 1.165) is 39.9 Å². The van der Waals surface area contributed by atoms with Crippen molar-refractivity contribution in [1.29, 1.82) is 0 Å². The second kappa shape index (κ2) is 34.8. The molecule has 32 heteroatoms. The predicted octanol–water partition coefficient (Wildman–Crippen LogP) is 0.798. The topological polar surface area (TPSA) is 283 Å². The fraction of sp³-hybridized carbons (Fsp3) is 0.493. The number of likely N-dealkylation sites (N-methyl/N-ethyl adjacent to an activating group) is 3. The Morgan fingerprint density at radius 3 is 1.13 bits per heavy atom. The molecule has 0 spiro atoms. The Balaban J connectivity index is 0.000000164. The van der Waals surface area contributed by atoms with Crippen LogP contribution < -0.4 is 34.0 Å². The summed E-state index contributed by atoms with van der Waals surface area (Å²) < 4.78 is 47.2. The minimum absolute atomic E-state index is 0. The molecule has 0 amide bonds.